The smallest absolute Gasteiger partial charge is 0.224 e. The summed E-state index contributed by atoms with van der Waals surface area (Å²) in [7, 11) is 0. The summed E-state index contributed by atoms with van der Waals surface area (Å²) in [5.41, 5.74) is 3.69. The van der Waals surface area contributed by atoms with Crippen LogP contribution in [-0.2, 0) is 22.6 Å². The molecule has 0 spiro atoms. The number of hydrogen-bond acceptors (Lipinski definition) is 3. The van der Waals surface area contributed by atoms with Gasteiger partial charge in [-0.2, -0.15) is 0 Å². The van der Waals surface area contributed by atoms with Crippen LogP contribution >= 0.6 is 11.8 Å². The highest BCUT2D eigenvalue weighted by molar-refractivity contribution is 8.14. The van der Waals surface area contributed by atoms with E-state index >= 15 is 0 Å². The molecule has 0 radical (unpaired) electrons. The molecule has 1 amide bonds. The van der Waals surface area contributed by atoms with Crippen LogP contribution in [0.25, 0.3) is 0 Å². The highest BCUT2D eigenvalue weighted by Gasteiger charge is 2.30. The average molecular weight is 339 g/mol. The van der Waals surface area contributed by atoms with Crippen LogP contribution in [0.5, 0.6) is 0 Å². The van der Waals surface area contributed by atoms with Crippen LogP contribution < -0.4 is 0 Å². The number of likely N-dealkylation sites (tertiary alicyclic amines) is 1. The fourth-order valence-electron chi connectivity index (χ4n) is 3.02. The Balaban J connectivity index is 1.58. The van der Waals surface area contributed by atoms with Gasteiger partial charge in [0, 0.05) is 31.7 Å². The molecular formula is C20H21NO2S. The molecule has 0 aromatic heterocycles. The van der Waals surface area contributed by atoms with Crippen LogP contribution in [0.4, 0.5) is 0 Å². The van der Waals surface area contributed by atoms with Crippen molar-refractivity contribution in [3.05, 3.63) is 71.3 Å². The van der Waals surface area contributed by atoms with Crippen molar-refractivity contribution in [2.75, 3.05) is 6.54 Å². The number of amides is 1. The predicted octanol–water partition coefficient (Wildman–Crippen LogP) is 3.66. The van der Waals surface area contributed by atoms with Crippen molar-refractivity contribution in [1.29, 1.82) is 0 Å². The number of nitrogens with zero attached hydrogens (tertiary/aromatic N) is 1. The Morgan fingerprint density at radius 2 is 1.67 bits per heavy atom. The van der Waals surface area contributed by atoms with Crippen molar-refractivity contribution in [3.63, 3.8) is 0 Å². The summed E-state index contributed by atoms with van der Waals surface area (Å²) in [4.78, 5) is 25.1. The van der Waals surface area contributed by atoms with Crippen LogP contribution in [0.3, 0.4) is 0 Å². The summed E-state index contributed by atoms with van der Waals surface area (Å²) >= 11 is 1.28. The van der Waals surface area contributed by atoms with E-state index in [1.54, 1.807) is 6.92 Å². The first-order chi connectivity index (χ1) is 11.6. The van der Waals surface area contributed by atoms with Gasteiger partial charge in [-0.3, -0.25) is 9.59 Å². The predicted molar refractivity (Wildman–Crippen MR) is 97.8 cm³/mol. The van der Waals surface area contributed by atoms with Crippen LogP contribution in [0.1, 0.15) is 30.0 Å². The monoisotopic (exact) mass is 339 g/mol. The topological polar surface area (TPSA) is 37.4 Å². The lowest BCUT2D eigenvalue weighted by Gasteiger charge is -2.16. The van der Waals surface area contributed by atoms with E-state index in [2.05, 4.69) is 48.5 Å². The highest BCUT2D eigenvalue weighted by atomic mass is 32.2. The van der Waals surface area contributed by atoms with Crippen LogP contribution in [0.15, 0.2) is 54.6 Å². The third-order valence-electron chi connectivity index (χ3n) is 4.16. The third kappa shape index (κ3) is 4.48. The van der Waals surface area contributed by atoms with Gasteiger partial charge in [-0.1, -0.05) is 66.4 Å². The van der Waals surface area contributed by atoms with E-state index in [-0.39, 0.29) is 16.3 Å². The summed E-state index contributed by atoms with van der Waals surface area (Å²) < 4.78 is 0. The molecule has 24 heavy (non-hydrogen) atoms. The van der Waals surface area contributed by atoms with Crippen LogP contribution in [-0.4, -0.2) is 27.7 Å². The molecule has 2 aromatic carbocycles. The minimum atomic E-state index is 0.0833. The number of carbonyl (C=O) groups is 2. The zero-order valence-electron chi connectivity index (χ0n) is 13.8. The molecule has 124 valence electrons. The summed E-state index contributed by atoms with van der Waals surface area (Å²) in [5.74, 6) is 0.141. The van der Waals surface area contributed by atoms with Gasteiger partial charge in [0.2, 0.25) is 5.91 Å². The van der Waals surface area contributed by atoms with Gasteiger partial charge in [0.25, 0.3) is 0 Å². The lowest BCUT2D eigenvalue weighted by atomic mass is 10.0. The summed E-state index contributed by atoms with van der Waals surface area (Å²) in [5, 5.41) is 0.187. The Morgan fingerprint density at radius 1 is 1.04 bits per heavy atom. The molecule has 1 aliphatic heterocycles. The maximum atomic E-state index is 12.1. The molecule has 0 bridgehead atoms. The Kier molecular flexibility index (Phi) is 5.36. The molecule has 2 aromatic rings. The molecule has 1 atom stereocenters. The molecular weight excluding hydrogens is 318 g/mol. The van der Waals surface area contributed by atoms with Gasteiger partial charge in [0.15, 0.2) is 5.12 Å². The maximum absolute atomic E-state index is 12.1. The second kappa shape index (κ2) is 7.67. The fraction of sp³-hybridized carbons (Fsp3) is 0.300. The quantitative estimate of drug-likeness (QED) is 0.834. The molecule has 0 saturated carbocycles. The van der Waals surface area contributed by atoms with E-state index in [0.29, 0.717) is 19.5 Å². The zero-order chi connectivity index (χ0) is 16.9. The van der Waals surface area contributed by atoms with E-state index in [1.807, 2.05) is 11.0 Å². The second-order valence-electron chi connectivity index (χ2n) is 6.19. The number of carbonyl (C=O) groups excluding carboxylic acids is 2. The minimum Gasteiger partial charge on any atom is -0.337 e. The van der Waals surface area contributed by atoms with Crippen molar-refractivity contribution in [3.8, 4) is 0 Å². The van der Waals surface area contributed by atoms with Gasteiger partial charge in [-0.05, 0) is 23.1 Å². The van der Waals surface area contributed by atoms with E-state index < -0.39 is 0 Å². The molecule has 1 aliphatic rings. The van der Waals surface area contributed by atoms with Gasteiger partial charge in [0.1, 0.15) is 0 Å². The lowest BCUT2D eigenvalue weighted by Crippen LogP contribution is -2.25. The third-order valence-corrected chi connectivity index (χ3v) is 5.14. The van der Waals surface area contributed by atoms with Crippen molar-refractivity contribution >= 4 is 22.8 Å². The standard InChI is InChI=1S/C20H21NO2S/c1-15(22)24-19-12-20(23)21(14-19)13-18-9-7-17(8-10-18)11-16-5-3-2-4-6-16/h2-10,19H,11-14H2,1H3. The van der Waals surface area contributed by atoms with Crippen LogP contribution in [0, 0.1) is 0 Å². The highest BCUT2D eigenvalue weighted by Crippen LogP contribution is 2.25. The second-order valence-corrected chi connectivity index (χ2v) is 7.67. The molecule has 3 rings (SSSR count). The van der Waals surface area contributed by atoms with Crippen molar-refractivity contribution < 1.29 is 9.59 Å². The van der Waals surface area contributed by atoms with E-state index in [0.717, 1.165) is 12.0 Å². The average Bonchev–Trinajstić information content (AvgIpc) is 2.89. The first-order valence-electron chi connectivity index (χ1n) is 8.17. The van der Waals surface area contributed by atoms with E-state index in [4.69, 9.17) is 0 Å². The summed E-state index contributed by atoms with van der Waals surface area (Å²) in [6.07, 6.45) is 1.39. The molecule has 3 nitrogen and oxygen atoms in total. The maximum Gasteiger partial charge on any atom is 0.224 e. The molecule has 1 fully saturated rings. The molecule has 0 N–H and O–H groups in total. The van der Waals surface area contributed by atoms with Crippen molar-refractivity contribution in [1.82, 2.24) is 4.90 Å². The van der Waals surface area contributed by atoms with Crippen molar-refractivity contribution in [2.24, 2.45) is 0 Å². The number of rotatable bonds is 5. The summed E-state index contributed by atoms with van der Waals surface area (Å²) in [6.45, 7) is 2.84. The SMILES string of the molecule is CC(=O)SC1CC(=O)N(Cc2ccc(Cc3ccccc3)cc2)C1. The van der Waals surface area contributed by atoms with Crippen molar-refractivity contribution in [2.45, 2.75) is 31.6 Å². The Labute approximate surface area is 147 Å². The van der Waals surface area contributed by atoms with Gasteiger partial charge in [0.05, 0.1) is 0 Å². The minimum absolute atomic E-state index is 0.0833. The Hall–Kier alpha value is -2.07. The Morgan fingerprint density at radius 3 is 2.33 bits per heavy atom. The molecule has 4 heteroatoms. The Bertz CT molecular complexity index is 712. The fourth-order valence-corrected chi connectivity index (χ4v) is 3.97. The van der Waals surface area contributed by atoms with Gasteiger partial charge in [-0.15, -0.1) is 0 Å². The number of hydrogen-bond donors (Lipinski definition) is 0. The molecule has 1 saturated heterocycles. The largest absolute Gasteiger partial charge is 0.337 e. The zero-order valence-corrected chi connectivity index (χ0v) is 14.6. The molecule has 1 heterocycles. The van der Waals surface area contributed by atoms with E-state index in [9.17, 15) is 9.59 Å². The lowest BCUT2D eigenvalue weighted by molar-refractivity contribution is -0.128. The normalized spacial score (nSPS) is 17.3. The number of thioether (sulfide) groups is 1. The first-order valence-corrected chi connectivity index (χ1v) is 9.05. The van der Waals surface area contributed by atoms with Gasteiger partial charge < -0.3 is 4.90 Å². The van der Waals surface area contributed by atoms with Crippen LogP contribution in [0.2, 0.25) is 0 Å². The van der Waals surface area contributed by atoms with E-state index in [1.165, 1.54) is 22.9 Å². The van der Waals surface area contributed by atoms with Gasteiger partial charge in [-0.25, -0.2) is 0 Å². The first kappa shape index (κ1) is 16.8. The molecule has 0 aliphatic carbocycles. The van der Waals surface area contributed by atoms with Gasteiger partial charge >= 0.3 is 0 Å². The molecule has 1 unspecified atom stereocenters. The number of benzene rings is 2. The summed E-state index contributed by atoms with van der Waals surface area (Å²) in [6, 6.07) is 18.8.